The van der Waals surface area contributed by atoms with Gasteiger partial charge in [0.15, 0.2) is 0 Å². The van der Waals surface area contributed by atoms with Gasteiger partial charge in [-0.25, -0.2) is 0 Å². The normalized spacial score (nSPS) is 10.6. The van der Waals surface area contributed by atoms with E-state index in [1.807, 2.05) is 30.3 Å². The highest BCUT2D eigenvalue weighted by atomic mass is 19.3. The topological polar surface area (TPSA) is 51.2 Å². The number of aromatic nitrogens is 1. The molecule has 0 bridgehead atoms. The fourth-order valence-electron chi connectivity index (χ4n) is 2.52. The maximum Gasteiger partial charge on any atom is 0.387 e. The Bertz CT molecular complexity index is 915. The van der Waals surface area contributed by atoms with Crippen molar-refractivity contribution >= 4 is 11.6 Å². The molecule has 26 heavy (non-hydrogen) atoms. The van der Waals surface area contributed by atoms with E-state index in [1.165, 1.54) is 18.2 Å². The monoisotopic (exact) mass is 354 g/mol. The Morgan fingerprint density at radius 1 is 1.04 bits per heavy atom. The van der Waals surface area contributed by atoms with Crippen molar-refractivity contribution < 1.29 is 18.3 Å². The zero-order chi connectivity index (χ0) is 18.5. The fraction of sp³-hybridized carbons (Fsp3) is 0.100. The van der Waals surface area contributed by atoms with Crippen molar-refractivity contribution in [1.29, 1.82) is 0 Å². The summed E-state index contributed by atoms with van der Waals surface area (Å²) in [5.74, 6) is -0.393. The second kappa shape index (κ2) is 7.74. The van der Waals surface area contributed by atoms with E-state index in [2.05, 4.69) is 15.0 Å². The summed E-state index contributed by atoms with van der Waals surface area (Å²) in [6, 6.07) is 19.0. The number of pyridine rings is 1. The molecule has 0 radical (unpaired) electrons. The van der Waals surface area contributed by atoms with Gasteiger partial charge in [0.2, 0.25) is 0 Å². The van der Waals surface area contributed by atoms with Crippen molar-refractivity contribution in [3.05, 3.63) is 78.0 Å². The molecular weight excluding hydrogens is 338 g/mol. The van der Waals surface area contributed by atoms with Crippen LogP contribution in [0.2, 0.25) is 0 Å². The number of ether oxygens (including phenoxy) is 1. The molecular formula is C20H16F2N2O2. The highest BCUT2D eigenvalue weighted by Gasteiger charge is 2.13. The van der Waals surface area contributed by atoms with Crippen LogP contribution in [0.25, 0.3) is 11.3 Å². The third-order valence-electron chi connectivity index (χ3n) is 3.72. The summed E-state index contributed by atoms with van der Waals surface area (Å²) in [5.41, 5.74) is 3.07. The van der Waals surface area contributed by atoms with Gasteiger partial charge < -0.3 is 10.1 Å². The van der Waals surface area contributed by atoms with Crippen LogP contribution in [0.4, 0.5) is 14.5 Å². The molecule has 1 aromatic heterocycles. The number of rotatable bonds is 5. The van der Waals surface area contributed by atoms with Gasteiger partial charge in [0.1, 0.15) is 5.75 Å². The highest BCUT2D eigenvalue weighted by molar-refractivity contribution is 6.05. The molecule has 0 saturated heterocycles. The average Bonchev–Trinajstić information content (AvgIpc) is 2.62. The minimum absolute atomic E-state index is 0.0212. The van der Waals surface area contributed by atoms with Gasteiger partial charge in [-0.1, -0.05) is 36.4 Å². The second-order valence-electron chi connectivity index (χ2n) is 5.56. The molecule has 3 rings (SSSR count). The number of nitrogens with zero attached hydrogens (tertiary/aromatic N) is 1. The molecule has 1 heterocycles. The van der Waals surface area contributed by atoms with Crippen molar-refractivity contribution in [2.75, 3.05) is 5.32 Å². The fourth-order valence-corrected chi connectivity index (χ4v) is 2.52. The number of aryl methyl sites for hydroxylation is 1. The van der Waals surface area contributed by atoms with Crippen molar-refractivity contribution in [2.45, 2.75) is 13.5 Å². The molecule has 0 aliphatic heterocycles. The first-order chi connectivity index (χ1) is 12.5. The maximum atomic E-state index is 12.5. The Kier molecular flexibility index (Phi) is 5.22. The molecule has 0 atom stereocenters. The summed E-state index contributed by atoms with van der Waals surface area (Å²) in [4.78, 5) is 17.0. The lowest BCUT2D eigenvalue weighted by Gasteiger charge is -2.10. The van der Waals surface area contributed by atoms with Crippen LogP contribution in [0.5, 0.6) is 5.75 Å². The predicted octanol–water partition coefficient (Wildman–Crippen LogP) is 4.91. The van der Waals surface area contributed by atoms with Crippen LogP contribution in [0.1, 0.15) is 16.1 Å². The smallest absolute Gasteiger partial charge is 0.387 e. The Balaban J connectivity index is 1.78. The molecule has 0 fully saturated rings. The standard InChI is InChI=1S/C20H16F2N2O2/c1-13-17(10-11-18(23-13)14-6-3-2-4-7-14)19(25)24-15-8-5-9-16(12-15)26-20(21)22/h2-12,20H,1H3,(H,24,25). The van der Waals surface area contributed by atoms with E-state index in [1.54, 1.807) is 25.1 Å². The van der Waals surface area contributed by atoms with E-state index in [-0.39, 0.29) is 11.7 Å². The Labute approximate surface area is 149 Å². The van der Waals surface area contributed by atoms with Gasteiger partial charge in [-0.3, -0.25) is 9.78 Å². The molecule has 4 nitrogen and oxygen atoms in total. The molecule has 1 N–H and O–H groups in total. The highest BCUT2D eigenvalue weighted by Crippen LogP contribution is 2.22. The van der Waals surface area contributed by atoms with Crippen molar-refractivity contribution in [2.24, 2.45) is 0 Å². The molecule has 1 amide bonds. The molecule has 3 aromatic rings. The number of hydrogen-bond acceptors (Lipinski definition) is 3. The molecule has 0 aliphatic carbocycles. The number of carbonyl (C=O) groups is 1. The lowest BCUT2D eigenvalue weighted by molar-refractivity contribution is -0.0497. The number of halogens is 2. The summed E-state index contributed by atoms with van der Waals surface area (Å²) in [6.07, 6.45) is 0. The van der Waals surface area contributed by atoms with E-state index in [9.17, 15) is 13.6 Å². The first-order valence-electron chi connectivity index (χ1n) is 7.92. The summed E-state index contributed by atoms with van der Waals surface area (Å²) in [5, 5.41) is 2.67. The van der Waals surface area contributed by atoms with Gasteiger partial charge in [0, 0.05) is 17.3 Å². The van der Waals surface area contributed by atoms with Gasteiger partial charge in [0.25, 0.3) is 5.91 Å². The molecule has 2 aromatic carbocycles. The van der Waals surface area contributed by atoms with Crippen LogP contribution in [0.3, 0.4) is 0 Å². The largest absolute Gasteiger partial charge is 0.435 e. The SMILES string of the molecule is Cc1nc(-c2ccccc2)ccc1C(=O)Nc1cccc(OC(F)F)c1. The van der Waals surface area contributed by atoms with E-state index >= 15 is 0 Å². The van der Waals surface area contributed by atoms with E-state index in [4.69, 9.17) is 0 Å². The third-order valence-corrected chi connectivity index (χ3v) is 3.72. The van der Waals surface area contributed by atoms with E-state index < -0.39 is 6.61 Å². The Morgan fingerprint density at radius 3 is 2.50 bits per heavy atom. The number of amides is 1. The van der Waals surface area contributed by atoms with Gasteiger partial charge in [-0.2, -0.15) is 8.78 Å². The summed E-state index contributed by atoms with van der Waals surface area (Å²) >= 11 is 0. The number of anilines is 1. The number of nitrogens with one attached hydrogen (secondary N) is 1. The maximum absolute atomic E-state index is 12.5. The number of carbonyl (C=O) groups excluding carboxylic acids is 1. The molecule has 0 unspecified atom stereocenters. The van der Waals surface area contributed by atoms with Crippen molar-refractivity contribution in [3.63, 3.8) is 0 Å². The lowest BCUT2D eigenvalue weighted by Crippen LogP contribution is -2.14. The number of benzene rings is 2. The van der Waals surface area contributed by atoms with Gasteiger partial charge in [-0.05, 0) is 31.2 Å². The quantitative estimate of drug-likeness (QED) is 0.708. The summed E-state index contributed by atoms with van der Waals surface area (Å²) in [7, 11) is 0. The van der Waals surface area contributed by atoms with Gasteiger partial charge in [0.05, 0.1) is 17.0 Å². The minimum Gasteiger partial charge on any atom is -0.435 e. The molecule has 6 heteroatoms. The zero-order valence-corrected chi connectivity index (χ0v) is 13.9. The van der Waals surface area contributed by atoms with Crippen LogP contribution in [0, 0.1) is 6.92 Å². The van der Waals surface area contributed by atoms with Crippen LogP contribution in [-0.2, 0) is 0 Å². The molecule has 132 valence electrons. The molecule has 0 saturated carbocycles. The van der Waals surface area contributed by atoms with Crippen LogP contribution >= 0.6 is 0 Å². The van der Waals surface area contributed by atoms with Crippen LogP contribution < -0.4 is 10.1 Å². The first kappa shape index (κ1) is 17.5. The number of hydrogen-bond donors (Lipinski definition) is 1. The van der Waals surface area contributed by atoms with Crippen LogP contribution in [-0.4, -0.2) is 17.5 Å². The summed E-state index contributed by atoms with van der Waals surface area (Å²) < 4.78 is 28.9. The molecule has 0 aliphatic rings. The number of alkyl halides is 2. The lowest BCUT2D eigenvalue weighted by atomic mass is 10.1. The Hall–Kier alpha value is -3.28. The van der Waals surface area contributed by atoms with Gasteiger partial charge in [-0.15, -0.1) is 0 Å². The van der Waals surface area contributed by atoms with Gasteiger partial charge >= 0.3 is 6.61 Å². The van der Waals surface area contributed by atoms with Crippen LogP contribution in [0.15, 0.2) is 66.7 Å². The van der Waals surface area contributed by atoms with E-state index in [0.717, 1.165) is 11.3 Å². The first-order valence-corrected chi connectivity index (χ1v) is 7.92. The second-order valence-corrected chi connectivity index (χ2v) is 5.56. The zero-order valence-electron chi connectivity index (χ0n) is 13.9. The van der Waals surface area contributed by atoms with E-state index in [0.29, 0.717) is 16.9 Å². The predicted molar refractivity (Wildman–Crippen MR) is 95.4 cm³/mol. The molecule has 0 spiro atoms. The minimum atomic E-state index is -2.92. The average molecular weight is 354 g/mol. The third kappa shape index (κ3) is 4.22. The summed E-state index contributed by atoms with van der Waals surface area (Å²) in [6.45, 7) is -1.17. The van der Waals surface area contributed by atoms with Crippen molar-refractivity contribution in [1.82, 2.24) is 4.98 Å². The Morgan fingerprint density at radius 2 is 1.81 bits per heavy atom. The van der Waals surface area contributed by atoms with Crippen molar-refractivity contribution in [3.8, 4) is 17.0 Å².